The third-order valence-corrected chi connectivity index (χ3v) is 4.78. The molecule has 4 heteroatoms. The van der Waals surface area contributed by atoms with Crippen molar-refractivity contribution in [2.45, 2.75) is 19.3 Å². The fraction of sp³-hybridized carbons (Fsp3) is 0.875. The monoisotopic (exact) mass is 188 g/mol. The van der Waals surface area contributed by atoms with E-state index in [1.54, 1.807) is 0 Å². The summed E-state index contributed by atoms with van der Waals surface area (Å²) in [5.74, 6) is 0.883. The van der Waals surface area contributed by atoms with Crippen molar-refractivity contribution in [2.75, 3.05) is 11.5 Å². The zero-order chi connectivity index (χ0) is 8.82. The molecule has 0 aromatic heterocycles. The molecule has 2 rings (SSSR count). The highest BCUT2D eigenvalue weighted by Crippen LogP contribution is 2.50. The molecular weight excluding hydrogens is 176 g/mol. The molecule has 0 aromatic rings. The van der Waals surface area contributed by atoms with E-state index in [0.29, 0.717) is 11.5 Å². The first-order valence-electron chi connectivity index (χ1n) is 4.22. The summed E-state index contributed by atoms with van der Waals surface area (Å²) < 4.78 is 21.6. The van der Waals surface area contributed by atoms with Crippen molar-refractivity contribution in [2.24, 2.45) is 11.3 Å². The van der Waals surface area contributed by atoms with Crippen molar-refractivity contribution >= 4 is 16.1 Å². The zero-order valence-corrected chi connectivity index (χ0v) is 7.64. The summed E-state index contributed by atoms with van der Waals surface area (Å²) in [5.41, 5.74) is -0.111. The Hall–Kier alpha value is -0.380. The highest BCUT2D eigenvalue weighted by Gasteiger charge is 2.47. The molecule has 2 fully saturated rings. The second-order valence-corrected chi connectivity index (χ2v) is 6.28. The predicted molar refractivity (Wildman–Crippen MR) is 44.5 cm³/mol. The van der Waals surface area contributed by atoms with Gasteiger partial charge in [-0.15, -0.1) is 0 Å². The van der Waals surface area contributed by atoms with Gasteiger partial charge in [0.25, 0.3) is 0 Å². The molecule has 0 N–H and O–H groups in total. The summed E-state index contributed by atoms with van der Waals surface area (Å²) in [4.78, 5) is 10.6. The van der Waals surface area contributed by atoms with Gasteiger partial charge in [-0.3, -0.25) is 0 Å². The number of rotatable bonds is 3. The van der Waals surface area contributed by atoms with Crippen molar-refractivity contribution in [3.63, 3.8) is 0 Å². The van der Waals surface area contributed by atoms with Crippen molar-refractivity contribution in [3.05, 3.63) is 0 Å². The second kappa shape index (κ2) is 2.31. The summed E-state index contributed by atoms with van der Waals surface area (Å²) >= 11 is 0. The van der Waals surface area contributed by atoms with Crippen LogP contribution < -0.4 is 0 Å². The highest BCUT2D eigenvalue weighted by atomic mass is 32.2. The van der Waals surface area contributed by atoms with Crippen LogP contribution in [0.2, 0.25) is 0 Å². The summed E-state index contributed by atoms with van der Waals surface area (Å²) in [6.45, 7) is 0. The van der Waals surface area contributed by atoms with Gasteiger partial charge in [0.2, 0.25) is 0 Å². The molecule has 12 heavy (non-hydrogen) atoms. The van der Waals surface area contributed by atoms with Gasteiger partial charge >= 0.3 is 0 Å². The van der Waals surface area contributed by atoms with E-state index < -0.39 is 9.84 Å². The third-order valence-electron chi connectivity index (χ3n) is 2.82. The molecule has 0 aromatic carbocycles. The Kier molecular flexibility index (Phi) is 1.59. The molecule has 0 bridgehead atoms. The van der Waals surface area contributed by atoms with Crippen LogP contribution in [0.25, 0.3) is 0 Å². The molecule has 0 atom stereocenters. The first-order chi connectivity index (χ1) is 5.55. The van der Waals surface area contributed by atoms with Crippen LogP contribution in [-0.2, 0) is 14.6 Å². The minimum Gasteiger partial charge on any atom is -0.303 e. The first kappa shape index (κ1) is 8.23. The Bertz CT molecular complexity index is 288. The van der Waals surface area contributed by atoms with Crippen molar-refractivity contribution in [1.82, 2.24) is 0 Å². The van der Waals surface area contributed by atoms with Gasteiger partial charge in [0, 0.05) is 5.41 Å². The van der Waals surface area contributed by atoms with Crippen LogP contribution in [0.15, 0.2) is 0 Å². The van der Waals surface area contributed by atoms with Crippen LogP contribution >= 0.6 is 0 Å². The van der Waals surface area contributed by atoms with Crippen LogP contribution in [0, 0.1) is 11.3 Å². The molecule has 3 nitrogen and oxygen atoms in total. The van der Waals surface area contributed by atoms with Gasteiger partial charge in [0.15, 0.2) is 9.84 Å². The standard InChI is InChI=1S/C8H12O3S/c9-6-8(1-2-8)3-7-4-12(10,11)5-7/h6-7H,1-5H2. The molecular formula is C8H12O3S. The van der Waals surface area contributed by atoms with Gasteiger partial charge in [0.05, 0.1) is 11.5 Å². The first-order valence-corrected chi connectivity index (χ1v) is 6.04. The van der Waals surface area contributed by atoms with E-state index in [4.69, 9.17) is 0 Å². The van der Waals surface area contributed by atoms with E-state index in [1.807, 2.05) is 0 Å². The normalized spacial score (nSPS) is 30.7. The van der Waals surface area contributed by atoms with E-state index in [2.05, 4.69) is 0 Å². The number of sulfone groups is 1. The SMILES string of the molecule is O=CC1(CC2CS(=O)(=O)C2)CC1. The Morgan fingerprint density at radius 3 is 2.25 bits per heavy atom. The summed E-state index contributed by atoms with van der Waals surface area (Å²) in [6, 6.07) is 0. The molecule has 1 aliphatic carbocycles. The minimum atomic E-state index is -2.70. The van der Waals surface area contributed by atoms with E-state index in [-0.39, 0.29) is 11.3 Å². The lowest BCUT2D eigenvalue weighted by atomic mass is 9.95. The lowest BCUT2D eigenvalue weighted by Gasteiger charge is -2.27. The van der Waals surface area contributed by atoms with Crippen LogP contribution in [0.1, 0.15) is 19.3 Å². The predicted octanol–water partition coefficient (Wildman–Crippen LogP) is 0.400. The second-order valence-electron chi connectivity index (χ2n) is 4.13. The Labute approximate surface area is 72.1 Å². The van der Waals surface area contributed by atoms with E-state index in [9.17, 15) is 13.2 Å². The quantitative estimate of drug-likeness (QED) is 0.602. The number of hydrogen-bond donors (Lipinski definition) is 0. The lowest BCUT2D eigenvalue weighted by molar-refractivity contribution is -0.112. The van der Waals surface area contributed by atoms with E-state index >= 15 is 0 Å². The molecule has 0 spiro atoms. The average Bonchev–Trinajstić information content (AvgIpc) is 2.66. The van der Waals surface area contributed by atoms with E-state index in [0.717, 1.165) is 25.5 Å². The lowest BCUT2D eigenvalue weighted by Crippen LogP contribution is -2.37. The molecule has 2 aliphatic rings. The van der Waals surface area contributed by atoms with Gasteiger partial charge in [-0.1, -0.05) is 0 Å². The maximum atomic E-state index is 10.8. The Balaban J connectivity index is 1.87. The highest BCUT2D eigenvalue weighted by molar-refractivity contribution is 7.92. The fourth-order valence-corrected chi connectivity index (χ4v) is 3.47. The summed E-state index contributed by atoms with van der Waals surface area (Å²) in [6.07, 6.45) is 3.74. The van der Waals surface area contributed by atoms with Crippen molar-refractivity contribution in [3.8, 4) is 0 Å². The molecule has 1 heterocycles. The van der Waals surface area contributed by atoms with Crippen LogP contribution in [0.4, 0.5) is 0 Å². The average molecular weight is 188 g/mol. The van der Waals surface area contributed by atoms with Crippen LogP contribution in [0.3, 0.4) is 0 Å². The molecule has 0 unspecified atom stereocenters. The molecule has 0 radical (unpaired) electrons. The van der Waals surface area contributed by atoms with Gasteiger partial charge in [-0.05, 0) is 25.2 Å². The molecule has 1 saturated heterocycles. The van der Waals surface area contributed by atoms with Crippen molar-refractivity contribution in [1.29, 1.82) is 0 Å². The molecule has 68 valence electrons. The molecule has 1 saturated carbocycles. The van der Waals surface area contributed by atoms with Gasteiger partial charge in [0.1, 0.15) is 6.29 Å². The molecule has 1 aliphatic heterocycles. The summed E-state index contributed by atoms with van der Waals surface area (Å²) in [7, 11) is -2.70. The van der Waals surface area contributed by atoms with Crippen LogP contribution in [-0.4, -0.2) is 26.2 Å². The fourth-order valence-electron chi connectivity index (χ4n) is 1.89. The van der Waals surface area contributed by atoms with Crippen LogP contribution in [0.5, 0.6) is 0 Å². The number of carbonyl (C=O) groups is 1. The maximum Gasteiger partial charge on any atom is 0.150 e. The molecule has 0 amide bonds. The largest absolute Gasteiger partial charge is 0.303 e. The zero-order valence-electron chi connectivity index (χ0n) is 6.82. The van der Waals surface area contributed by atoms with Gasteiger partial charge in [-0.2, -0.15) is 0 Å². The van der Waals surface area contributed by atoms with E-state index in [1.165, 1.54) is 0 Å². The number of carbonyl (C=O) groups excluding carboxylic acids is 1. The van der Waals surface area contributed by atoms with Gasteiger partial charge in [-0.25, -0.2) is 8.42 Å². The Morgan fingerprint density at radius 1 is 1.33 bits per heavy atom. The van der Waals surface area contributed by atoms with Crippen molar-refractivity contribution < 1.29 is 13.2 Å². The number of aldehydes is 1. The van der Waals surface area contributed by atoms with Gasteiger partial charge < -0.3 is 4.79 Å². The topological polar surface area (TPSA) is 51.2 Å². The third kappa shape index (κ3) is 1.40. The number of hydrogen-bond acceptors (Lipinski definition) is 3. The summed E-state index contributed by atoms with van der Waals surface area (Å²) in [5, 5.41) is 0. The minimum absolute atomic E-state index is 0.111. The maximum absolute atomic E-state index is 10.8. The smallest absolute Gasteiger partial charge is 0.150 e. The Morgan fingerprint density at radius 2 is 1.92 bits per heavy atom.